The van der Waals surface area contributed by atoms with Gasteiger partial charge >= 0.3 is 0 Å². The van der Waals surface area contributed by atoms with E-state index in [-0.39, 0.29) is 23.6 Å². The summed E-state index contributed by atoms with van der Waals surface area (Å²) in [5, 5.41) is 14.0. The molecular weight excluding hydrogens is 429 g/mol. The fraction of sp³-hybridized carbons (Fsp3) is 0.462. The van der Waals surface area contributed by atoms with Crippen LogP contribution in [-0.2, 0) is 10.5 Å². The molecule has 0 saturated carbocycles. The normalized spacial score (nSPS) is 33.5. The highest BCUT2D eigenvalue weighted by Crippen LogP contribution is 2.58. The predicted molar refractivity (Wildman–Crippen MR) is 127 cm³/mol. The van der Waals surface area contributed by atoms with E-state index in [2.05, 4.69) is 38.3 Å². The Bertz CT molecular complexity index is 947. The van der Waals surface area contributed by atoms with Crippen LogP contribution in [0, 0.1) is 11.3 Å². The van der Waals surface area contributed by atoms with Crippen molar-refractivity contribution in [2.45, 2.75) is 57.5 Å². The first-order valence-electron chi connectivity index (χ1n) is 11.0. The Labute approximate surface area is 195 Å². The van der Waals surface area contributed by atoms with E-state index in [1.807, 2.05) is 48.5 Å². The fourth-order valence-electron chi connectivity index (χ4n) is 5.53. The Balaban J connectivity index is 1.95. The van der Waals surface area contributed by atoms with Crippen molar-refractivity contribution in [1.82, 2.24) is 4.90 Å². The maximum Gasteiger partial charge on any atom is 0.153 e. The molecule has 0 aromatic heterocycles. The summed E-state index contributed by atoms with van der Waals surface area (Å²) < 4.78 is 6.41. The molecule has 1 unspecified atom stereocenters. The summed E-state index contributed by atoms with van der Waals surface area (Å²) in [5.41, 5.74) is 0.389. The third kappa shape index (κ3) is 3.85. The Morgan fingerprint density at radius 3 is 2.52 bits per heavy atom. The molecule has 0 radical (unpaired) electrons. The van der Waals surface area contributed by atoms with E-state index in [1.165, 1.54) is 0 Å². The minimum absolute atomic E-state index is 0.0804. The highest BCUT2D eigenvalue weighted by molar-refractivity contribution is 6.30. The molecule has 0 amide bonds. The van der Waals surface area contributed by atoms with Crippen molar-refractivity contribution >= 4 is 23.2 Å². The second kappa shape index (κ2) is 8.53. The summed E-state index contributed by atoms with van der Waals surface area (Å²) in [6.45, 7) is 11.2. The maximum atomic E-state index is 12.7. The maximum absolute atomic E-state index is 12.7. The van der Waals surface area contributed by atoms with E-state index in [0.29, 0.717) is 22.6 Å². The van der Waals surface area contributed by atoms with Gasteiger partial charge in [-0.25, -0.2) is 4.90 Å². The van der Waals surface area contributed by atoms with Crippen molar-refractivity contribution in [3.63, 3.8) is 0 Å². The van der Waals surface area contributed by atoms with Gasteiger partial charge in [0.15, 0.2) is 5.72 Å². The van der Waals surface area contributed by atoms with Crippen LogP contribution in [0.15, 0.2) is 61.2 Å². The lowest BCUT2D eigenvalue weighted by Crippen LogP contribution is -2.65. The molecular formula is C26H31Cl2NO2. The van der Waals surface area contributed by atoms with Crippen LogP contribution >= 0.6 is 23.2 Å². The smallest absolute Gasteiger partial charge is 0.153 e. The van der Waals surface area contributed by atoms with Crippen LogP contribution in [0.5, 0.6) is 0 Å². The van der Waals surface area contributed by atoms with E-state index in [9.17, 15) is 5.11 Å². The Hall–Kier alpha value is -1.36. The minimum atomic E-state index is -1.26. The van der Waals surface area contributed by atoms with E-state index in [0.717, 1.165) is 24.0 Å². The summed E-state index contributed by atoms with van der Waals surface area (Å²) in [6, 6.07) is 15.5. The molecule has 2 aliphatic heterocycles. The minimum Gasteiger partial charge on any atom is -0.371 e. The summed E-state index contributed by atoms with van der Waals surface area (Å²) in [5.74, 6) is 0.117. The number of allylic oxidation sites excluding steroid dienone is 1. The average molecular weight is 460 g/mol. The first-order chi connectivity index (χ1) is 14.7. The average Bonchev–Trinajstić information content (AvgIpc) is 3.19. The second-order valence-electron chi connectivity index (χ2n) is 9.60. The molecule has 5 atom stereocenters. The van der Waals surface area contributed by atoms with E-state index < -0.39 is 5.72 Å². The number of halogens is 2. The third-order valence-electron chi connectivity index (χ3n) is 7.08. The molecule has 5 heteroatoms. The van der Waals surface area contributed by atoms with Crippen molar-refractivity contribution < 1.29 is 9.84 Å². The van der Waals surface area contributed by atoms with Crippen LogP contribution in [-0.4, -0.2) is 28.9 Å². The van der Waals surface area contributed by atoms with Gasteiger partial charge in [0, 0.05) is 27.4 Å². The lowest BCUT2D eigenvalue weighted by atomic mass is 9.65. The van der Waals surface area contributed by atoms with Crippen molar-refractivity contribution in [2.24, 2.45) is 11.3 Å². The van der Waals surface area contributed by atoms with Gasteiger partial charge in [0.2, 0.25) is 0 Å². The zero-order valence-electron chi connectivity index (χ0n) is 18.4. The van der Waals surface area contributed by atoms with E-state index >= 15 is 0 Å². The van der Waals surface area contributed by atoms with Crippen LogP contribution in [0.3, 0.4) is 0 Å². The number of benzene rings is 2. The van der Waals surface area contributed by atoms with Gasteiger partial charge in [-0.1, -0.05) is 74.3 Å². The quantitative estimate of drug-likeness (QED) is 0.511. The highest BCUT2D eigenvalue weighted by Gasteiger charge is 2.62. The van der Waals surface area contributed by atoms with Gasteiger partial charge in [-0.3, -0.25) is 0 Å². The van der Waals surface area contributed by atoms with Crippen LogP contribution in [0.2, 0.25) is 10.0 Å². The molecule has 2 aromatic rings. The van der Waals surface area contributed by atoms with Crippen LogP contribution in [0.1, 0.15) is 50.7 Å². The molecule has 2 heterocycles. The zero-order chi connectivity index (χ0) is 22.4. The lowest BCUT2D eigenvalue weighted by Gasteiger charge is -2.58. The molecule has 2 aliphatic rings. The summed E-state index contributed by atoms with van der Waals surface area (Å²) in [4.78, 5) is 2.22. The summed E-state index contributed by atoms with van der Waals surface area (Å²) in [7, 11) is 0. The molecule has 2 aromatic carbocycles. The summed E-state index contributed by atoms with van der Waals surface area (Å²) in [6.07, 6.45) is 3.29. The second-order valence-corrected chi connectivity index (χ2v) is 10.5. The van der Waals surface area contributed by atoms with E-state index in [4.69, 9.17) is 27.9 Å². The first-order valence-corrected chi connectivity index (χ1v) is 11.7. The SMILES string of the molecule is C=CC[C@@]1(C)C[C@H](c2cccc(Cl)c2)[C@@](O)(c2ccc(Cl)cc2)N2C1OC[C@@H]2C(C)C. The number of aliphatic hydroxyl groups is 1. The zero-order valence-corrected chi connectivity index (χ0v) is 19.9. The number of hydrogen-bond acceptors (Lipinski definition) is 3. The summed E-state index contributed by atoms with van der Waals surface area (Å²) >= 11 is 12.6. The van der Waals surface area contributed by atoms with Gasteiger partial charge in [-0.05, 0) is 54.2 Å². The lowest BCUT2D eigenvalue weighted by molar-refractivity contribution is -0.249. The van der Waals surface area contributed by atoms with Crippen LogP contribution in [0.4, 0.5) is 0 Å². The van der Waals surface area contributed by atoms with Crippen molar-refractivity contribution in [3.05, 3.63) is 82.4 Å². The van der Waals surface area contributed by atoms with Gasteiger partial charge in [-0.2, -0.15) is 0 Å². The molecule has 166 valence electrons. The molecule has 2 saturated heterocycles. The van der Waals surface area contributed by atoms with Crippen molar-refractivity contribution in [2.75, 3.05) is 6.61 Å². The standard InChI is InChI=1S/C26H31Cl2NO2/c1-5-13-25(4)15-22(18-7-6-8-21(28)14-18)26(30,19-9-11-20(27)12-10-19)29-23(17(2)3)16-31-24(25)29/h5-12,14,17,22-24,30H,1,13,15-16H2,2-4H3/t22-,23-,24?,25+,26+/m1/s1. The van der Waals surface area contributed by atoms with Gasteiger partial charge in [0.05, 0.1) is 6.61 Å². The third-order valence-corrected chi connectivity index (χ3v) is 7.57. The van der Waals surface area contributed by atoms with Gasteiger partial charge < -0.3 is 9.84 Å². The highest BCUT2D eigenvalue weighted by atomic mass is 35.5. The molecule has 3 nitrogen and oxygen atoms in total. The number of piperidine rings is 1. The van der Waals surface area contributed by atoms with Gasteiger partial charge in [0.25, 0.3) is 0 Å². The number of hydrogen-bond donors (Lipinski definition) is 1. The van der Waals surface area contributed by atoms with E-state index in [1.54, 1.807) is 0 Å². The molecule has 2 fully saturated rings. The molecule has 0 aliphatic carbocycles. The Kier molecular flexibility index (Phi) is 6.28. The van der Waals surface area contributed by atoms with Crippen molar-refractivity contribution in [1.29, 1.82) is 0 Å². The molecule has 4 rings (SSSR count). The molecule has 0 bridgehead atoms. The van der Waals surface area contributed by atoms with Gasteiger partial charge in [0.1, 0.15) is 6.23 Å². The molecule has 31 heavy (non-hydrogen) atoms. The van der Waals surface area contributed by atoms with Crippen LogP contribution in [0.25, 0.3) is 0 Å². The topological polar surface area (TPSA) is 32.7 Å². The Morgan fingerprint density at radius 1 is 1.19 bits per heavy atom. The number of ether oxygens (including phenoxy) is 1. The predicted octanol–water partition coefficient (Wildman–Crippen LogP) is 6.59. The largest absolute Gasteiger partial charge is 0.371 e. The number of rotatable bonds is 5. The fourth-order valence-corrected chi connectivity index (χ4v) is 5.85. The molecule has 0 spiro atoms. The molecule has 1 N–H and O–H groups in total. The van der Waals surface area contributed by atoms with Crippen LogP contribution < -0.4 is 0 Å². The number of fused-ring (bicyclic) bond motifs is 1. The van der Waals surface area contributed by atoms with Gasteiger partial charge in [-0.15, -0.1) is 6.58 Å². The Morgan fingerprint density at radius 2 is 1.90 bits per heavy atom. The van der Waals surface area contributed by atoms with Crippen molar-refractivity contribution in [3.8, 4) is 0 Å². The monoisotopic (exact) mass is 459 g/mol. The first kappa shape index (κ1) is 22.8. The number of nitrogens with zero attached hydrogens (tertiary/aromatic N) is 1.